The molecule has 0 aliphatic rings. The molecule has 0 heterocycles. The predicted octanol–water partition coefficient (Wildman–Crippen LogP) is 1.51. The average Bonchev–Trinajstić information content (AvgIpc) is 2.28. The molecule has 0 fully saturated rings. The van der Waals surface area contributed by atoms with Crippen molar-refractivity contribution < 1.29 is 19.0 Å². The minimum Gasteiger partial charge on any atom is -0.507 e. The van der Waals surface area contributed by atoms with Gasteiger partial charge in [-0.05, 0) is 12.1 Å². The van der Waals surface area contributed by atoms with Gasteiger partial charge in [-0.2, -0.15) is 0 Å². The molecule has 1 aromatic rings. The Labute approximate surface area is 103 Å². The molecule has 0 radical (unpaired) electrons. The van der Waals surface area contributed by atoms with Crippen molar-refractivity contribution >= 4 is 17.5 Å². The number of nitrogens with one attached hydrogen (secondary N) is 1. The van der Waals surface area contributed by atoms with Crippen LogP contribution in [0, 0.1) is 5.82 Å². The lowest BCUT2D eigenvalue weighted by atomic mass is 10.1. The molecule has 0 bridgehead atoms. The maximum atomic E-state index is 12.7. The largest absolute Gasteiger partial charge is 0.507 e. The van der Waals surface area contributed by atoms with Crippen LogP contribution in [0.3, 0.4) is 0 Å². The number of phenolic OH excluding ortho intramolecular Hbond substituents is 1. The number of benzene rings is 1. The first-order valence-corrected chi connectivity index (χ1v) is 5.46. The van der Waals surface area contributed by atoms with Crippen LogP contribution in [0.5, 0.6) is 5.75 Å². The lowest BCUT2D eigenvalue weighted by Gasteiger charge is -2.15. The van der Waals surface area contributed by atoms with Crippen LogP contribution in [-0.4, -0.2) is 36.7 Å². The third-order valence-electron chi connectivity index (χ3n) is 2.09. The maximum Gasteiger partial charge on any atom is 0.255 e. The maximum absolute atomic E-state index is 12.7. The molecule has 2 N–H and O–H groups in total. The fraction of sp³-hybridized carbons (Fsp3) is 0.364. The second kappa shape index (κ2) is 6.42. The average molecular weight is 262 g/mol. The third-order valence-corrected chi connectivity index (χ3v) is 2.47. The molecule has 0 aliphatic carbocycles. The summed E-state index contributed by atoms with van der Waals surface area (Å²) in [6, 6.07) is 2.82. The second-order valence-corrected chi connectivity index (χ2v) is 3.75. The van der Waals surface area contributed by atoms with Crippen molar-refractivity contribution in [3.63, 3.8) is 0 Å². The minimum absolute atomic E-state index is 0.00220. The zero-order valence-corrected chi connectivity index (χ0v) is 10.00. The highest BCUT2D eigenvalue weighted by Gasteiger charge is 2.16. The number of amides is 1. The molecular weight excluding hydrogens is 249 g/mol. The molecule has 0 saturated carbocycles. The summed E-state index contributed by atoms with van der Waals surface area (Å²) in [7, 11) is 1.49. The van der Waals surface area contributed by atoms with Crippen molar-refractivity contribution in [3.05, 3.63) is 29.6 Å². The highest BCUT2D eigenvalue weighted by molar-refractivity contribution is 6.18. The molecular formula is C11H13ClFNO3. The number of ether oxygens (including phenoxy) is 1. The van der Waals surface area contributed by atoms with Crippen molar-refractivity contribution in [2.45, 2.75) is 6.04 Å². The Bertz CT molecular complexity index is 400. The van der Waals surface area contributed by atoms with Crippen molar-refractivity contribution in [1.29, 1.82) is 0 Å². The van der Waals surface area contributed by atoms with Crippen LogP contribution in [-0.2, 0) is 4.74 Å². The number of methoxy groups -OCH3 is 1. The van der Waals surface area contributed by atoms with E-state index in [-0.39, 0.29) is 24.1 Å². The smallest absolute Gasteiger partial charge is 0.255 e. The van der Waals surface area contributed by atoms with E-state index in [0.717, 1.165) is 12.1 Å². The third kappa shape index (κ3) is 3.87. The number of hydrogen-bond acceptors (Lipinski definition) is 3. The van der Waals surface area contributed by atoms with Crippen LogP contribution < -0.4 is 5.32 Å². The SMILES string of the molecule is COCC(CCl)NC(=O)c1ccc(F)cc1O. The minimum atomic E-state index is -0.607. The van der Waals surface area contributed by atoms with Crippen LogP contribution in [0.25, 0.3) is 0 Å². The molecule has 0 aromatic heterocycles. The molecule has 1 aromatic carbocycles. The van der Waals surface area contributed by atoms with Gasteiger partial charge in [-0.15, -0.1) is 11.6 Å². The Morgan fingerprint density at radius 3 is 2.88 bits per heavy atom. The van der Waals surface area contributed by atoms with Gasteiger partial charge in [-0.1, -0.05) is 0 Å². The van der Waals surface area contributed by atoms with Crippen LogP contribution in [0.15, 0.2) is 18.2 Å². The number of halogens is 2. The molecule has 0 saturated heterocycles. The Hall–Kier alpha value is -1.33. The fourth-order valence-corrected chi connectivity index (χ4v) is 1.45. The van der Waals surface area contributed by atoms with E-state index in [4.69, 9.17) is 16.3 Å². The van der Waals surface area contributed by atoms with Gasteiger partial charge in [-0.25, -0.2) is 4.39 Å². The van der Waals surface area contributed by atoms with Gasteiger partial charge in [0.05, 0.1) is 18.2 Å². The normalized spacial score (nSPS) is 12.2. The van der Waals surface area contributed by atoms with E-state index in [2.05, 4.69) is 5.32 Å². The molecule has 1 atom stereocenters. The van der Waals surface area contributed by atoms with Gasteiger partial charge in [-0.3, -0.25) is 4.79 Å². The Kier molecular flexibility index (Phi) is 5.18. The van der Waals surface area contributed by atoms with Crippen LogP contribution in [0.1, 0.15) is 10.4 Å². The quantitative estimate of drug-likeness (QED) is 0.790. The van der Waals surface area contributed by atoms with E-state index in [1.807, 2.05) is 0 Å². The highest BCUT2D eigenvalue weighted by Crippen LogP contribution is 2.17. The first-order valence-electron chi connectivity index (χ1n) is 4.92. The molecule has 0 spiro atoms. The zero-order valence-electron chi connectivity index (χ0n) is 9.24. The van der Waals surface area contributed by atoms with Gasteiger partial charge < -0.3 is 15.2 Å². The van der Waals surface area contributed by atoms with Gasteiger partial charge in [0.15, 0.2) is 0 Å². The highest BCUT2D eigenvalue weighted by atomic mass is 35.5. The fourth-order valence-electron chi connectivity index (χ4n) is 1.29. The van der Waals surface area contributed by atoms with Crippen molar-refractivity contribution in [1.82, 2.24) is 5.32 Å². The van der Waals surface area contributed by atoms with E-state index in [0.29, 0.717) is 0 Å². The molecule has 6 heteroatoms. The molecule has 1 rings (SSSR count). The Balaban J connectivity index is 2.75. The molecule has 0 aliphatic heterocycles. The number of carbonyl (C=O) groups excluding carboxylic acids is 1. The summed E-state index contributed by atoms with van der Waals surface area (Å²) < 4.78 is 17.6. The van der Waals surface area contributed by atoms with E-state index in [1.165, 1.54) is 13.2 Å². The number of alkyl halides is 1. The van der Waals surface area contributed by atoms with E-state index in [9.17, 15) is 14.3 Å². The topological polar surface area (TPSA) is 58.6 Å². The van der Waals surface area contributed by atoms with Crippen molar-refractivity contribution in [2.75, 3.05) is 19.6 Å². The molecule has 1 amide bonds. The van der Waals surface area contributed by atoms with Crippen molar-refractivity contribution in [2.24, 2.45) is 0 Å². The van der Waals surface area contributed by atoms with Gasteiger partial charge in [0.25, 0.3) is 5.91 Å². The summed E-state index contributed by atoms with van der Waals surface area (Å²) in [6.07, 6.45) is 0. The van der Waals surface area contributed by atoms with Crippen molar-refractivity contribution in [3.8, 4) is 5.75 Å². The molecule has 4 nitrogen and oxygen atoms in total. The Morgan fingerprint density at radius 1 is 1.65 bits per heavy atom. The van der Waals surface area contributed by atoms with Crippen LogP contribution >= 0.6 is 11.6 Å². The molecule has 1 unspecified atom stereocenters. The standard InChI is InChI=1S/C11H13ClFNO3/c1-17-6-8(5-12)14-11(16)9-3-2-7(13)4-10(9)15/h2-4,8,15H,5-6H2,1H3,(H,14,16). The molecule has 17 heavy (non-hydrogen) atoms. The summed E-state index contributed by atoms with van der Waals surface area (Å²) in [5.41, 5.74) is -0.00220. The second-order valence-electron chi connectivity index (χ2n) is 3.44. The van der Waals surface area contributed by atoms with E-state index in [1.54, 1.807) is 0 Å². The number of aromatic hydroxyl groups is 1. The predicted molar refractivity (Wildman–Crippen MR) is 61.9 cm³/mol. The lowest BCUT2D eigenvalue weighted by molar-refractivity contribution is 0.0904. The zero-order chi connectivity index (χ0) is 12.8. The van der Waals surface area contributed by atoms with Gasteiger partial charge in [0.2, 0.25) is 0 Å². The monoisotopic (exact) mass is 261 g/mol. The van der Waals surface area contributed by atoms with Gasteiger partial charge in [0, 0.05) is 19.1 Å². The first kappa shape index (κ1) is 13.7. The van der Waals surface area contributed by atoms with Gasteiger partial charge >= 0.3 is 0 Å². The summed E-state index contributed by atoms with van der Waals surface area (Å²) in [5.74, 6) is -1.36. The number of hydrogen-bond donors (Lipinski definition) is 2. The Morgan fingerprint density at radius 2 is 2.35 bits per heavy atom. The number of rotatable bonds is 5. The van der Waals surface area contributed by atoms with E-state index >= 15 is 0 Å². The summed E-state index contributed by atoms with van der Waals surface area (Å²) in [4.78, 5) is 11.7. The van der Waals surface area contributed by atoms with Crippen LogP contribution in [0.2, 0.25) is 0 Å². The van der Waals surface area contributed by atoms with Crippen LogP contribution in [0.4, 0.5) is 4.39 Å². The number of carbonyl (C=O) groups is 1. The first-order chi connectivity index (χ1) is 8.08. The summed E-state index contributed by atoms with van der Waals surface area (Å²) >= 11 is 5.63. The number of phenols is 1. The molecule has 94 valence electrons. The van der Waals surface area contributed by atoms with Gasteiger partial charge in [0.1, 0.15) is 11.6 Å². The van der Waals surface area contributed by atoms with E-state index < -0.39 is 17.5 Å². The summed E-state index contributed by atoms with van der Waals surface area (Å²) in [6.45, 7) is 0.261. The summed E-state index contributed by atoms with van der Waals surface area (Å²) in [5, 5.41) is 12.0. The lowest BCUT2D eigenvalue weighted by Crippen LogP contribution is -2.39.